The Labute approximate surface area is 123 Å². The number of hydrogen-bond donors (Lipinski definition) is 2. The van der Waals surface area contributed by atoms with E-state index in [0.29, 0.717) is 18.9 Å². The molecule has 0 radical (unpaired) electrons. The van der Waals surface area contributed by atoms with Crippen LogP contribution >= 0.6 is 0 Å². The Morgan fingerprint density at radius 3 is 2.43 bits per heavy atom. The number of Topliss-reactive ketones (excluding diaryl/α,β-unsaturated/α-hetero) is 2. The number of ether oxygens (including phenoxy) is 1. The van der Waals surface area contributed by atoms with Crippen LogP contribution < -0.4 is 10.6 Å². The van der Waals surface area contributed by atoms with Gasteiger partial charge < -0.3 is 19.8 Å². The van der Waals surface area contributed by atoms with Gasteiger partial charge in [0.05, 0.1) is 12.9 Å². The maximum Gasteiger partial charge on any atom is 0.315 e. The molecule has 1 unspecified atom stereocenters. The van der Waals surface area contributed by atoms with Crippen molar-refractivity contribution in [3.63, 3.8) is 0 Å². The molecule has 0 spiro atoms. The summed E-state index contributed by atoms with van der Waals surface area (Å²) in [5.41, 5.74) is 0. The summed E-state index contributed by atoms with van der Waals surface area (Å²) in [5.74, 6) is -1.29. The molecular formula is C14H20N2O5. The van der Waals surface area contributed by atoms with Crippen molar-refractivity contribution < 1.29 is 23.5 Å². The van der Waals surface area contributed by atoms with Crippen LogP contribution in [0.2, 0.25) is 0 Å². The van der Waals surface area contributed by atoms with Crippen molar-refractivity contribution in [2.24, 2.45) is 5.92 Å². The third kappa shape index (κ3) is 5.03. The van der Waals surface area contributed by atoms with Crippen molar-refractivity contribution in [3.8, 4) is 0 Å². The van der Waals surface area contributed by atoms with Crippen LogP contribution in [0, 0.1) is 5.92 Å². The minimum Gasteiger partial charge on any atom is -0.467 e. The Kier molecular flexibility index (Phi) is 6.61. The number of carbonyl (C=O) groups is 3. The van der Waals surface area contributed by atoms with Crippen LogP contribution in [0.4, 0.5) is 4.79 Å². The Balaban J connectivity index is 2.86. The summed E-state index contributed by atoms with van der Waals surface area (Å²) in [6.45, 7) is 3.30. The van der Waals surface area contributed by atoms with E-state index in [9.17, 15) is 14.4 Å². The molecule has 0 saturated carbocycles. The normalized spacial score (nSPS) is 12.0. The number of rotatable bonds is 8. The molecular weight excluding hydrogens is 276 g/mol. The molecule has 1 rings (SSSR count). The highest BCUT2D eigenvalue weighted by Gasteiger charge is 2.34. The van der Waals surface area contributed by atoms with E-state index >= 15 is 0 Å². The molecule has 1 aromatic rings. The maximum absolute atomic E-state index is 11.8. The predicted octanol–water partition coefficient (Wildman–Crippen LogP) is 1.06. The Bertz CT molecular complexity index is 470. The van der Waals surface area contributed by atoms with E-state index in [0.717, 1.165) is 0 Å². The molecule has 0 aliphatic carbocycles. The average molecular weight is 296 g/mol. The first-order valence-electron chi connectivity index (χ1n) is 6.55. The molecule has 1 atom stereocenters. The van der Waals surface area contributed by atoms with Crippen molar-refractivity contribution in [1.29, 1.82) is 0 Å². The van der Waals surface area contributed by atoms with E-state index in [4.69, 9.17) is 9.15 Å². The lowest BCUT2D eigenvalue weighted by Crippen LogP contribution is -2.44. The number of urea groups is 1. The molecule has 2 N–H and O–H groups in total. The van der Waals surface area contributed by atoms with Crippen LogP contribution in [-0.2, 0) is 14.3 Å². The topological polar surface area (TPSA) is 97.6 Å². The number of amides is 2. The van der Waals surface area contributed by atoms with Crippen molar-refractivity contribution in [3.05, 3.63) is 24.2 Å². The molecule has 1 heterocycles. The number of furan rings is 1. The van der Waals surface area contributed by atoms with Crippen LogP contribution in [-0.4, -0.2) is 37.9 Å². The minimum atomic E-state index is -0.982. The molecule has 0 aromatic carbocycles. The number of ketones is 2. The Hall–Kier alpha value is -2.15. The van der Waals surface area contributed by atoms with Crippen molar-refractivity contribution in [1.82, 2.24) is 10.6 Å². The molecule has 7 nitrogen and oxygen atoms in total. The van der Waals surface area contributed by atoms with Gasteiger partial charge in [0.25, 0.3) is 0 Å². The van der Waals surface area contributed by atoms with E-state index in [2.05, 4.69) is 10.6 Å². The van der Waals surface area contributed by atoms with E-state index in [1.807, 2.05) is 0 Å². The molecule has 116 valence electrons. The number of hydrogen-bond acceptors (Lipinski definition) is 5. The lowest BCUT2D eigenvalue weighted by molar-refractivity contribution is -0.131. The van der Waals surface area contributed by atoms with Gasteiger partial charge in [0, 0.05) is 13.7 Å². The molecule has 0 fully saturated rings. The van der Waals surface area contributed by atoms with Gasteiger partial charge in [0.15, 0.2) is 0 Å². The summed E-state index contributed by atoms with van der Waals surface area (Å²) in [6, 6.07) is 1.90. The number of carbonyl (C=O) groups excluding carboxylic acids is 3. The zero-order chi connectivity index (χ0) is 15.8. The predicted molar refractivity (Wildman–Crippen MR) is 74.7 cm³/mol. The summed E-state index contributed by atoms with van der Waals surface area (Å²) in [4.78, 5) is 35.3. The average Bonchev–Trinajstić information content (AvgIpc) is 2.91. The van der Waals surface area contributed by atoms with Crippen LogP contribution in [0.3, 0.4) is 0 Å². The molecule has 0 saturated heterocycles. The highest BCUT2D eigenvalue weighted by Crippen LogP contribution is 2.24. The molecule has 21 heavy (non-hydrogen) atoms. The largest absolute Gasteiger partial charge is 0.467 e. The maximum atomic E-state index is 11.8. The summed E-state index contributed by atoms with van der Waals surface area (Å²) in [6.07, 6.45) is 1.42. The van der Waals surface area contributed by atoms with E-state index in [1.165, 1.54) is 27.2 Å². The van der Waals surface area contributed by atoms with Gasteiger partial charge >= 0.3 is 6.03 Å². The zero-order valence-electron chi connectivity index (χ0n) is 12.3. The summed E-state index contributed by atoms with van der Waals surface area (Å²) in [5, 5.41) is 5.17. The third-order valence-electron chi connectivity index (χ3n) is 2.94. The van der Waals surface area contributed by atoms with E-state index < -0.39 is 18.0 Å². The van der Waals surface area contributed by atoms with Gasteiger partial charge in [-0.15, -0.1) is 0 Å². The van der Waals surface area contributed by atoms with Gasteiger partial charge in [0.2, 0.25) is 0 Å². The fraction of sp³-hybridized carbons (Fsp3) is 0.500. The third-order valence-corrected chi connectivity index (χ3v) is 2.94. The van der Waals surface area contributed by atoms with Crippen LogP contribution in [0.1, 0.15) is 25.6 Å². The fourth-order valence-electron chi connectivity index (χ4n) is 2.00. The SMILES string of the molecule is COCCNC(=O)NC(c1ccco1)C(C(C)=O)C(C)=O. The first-order chi connectivity index (χ1) is 9.97. The Morgan fingerprint density at radius 1 is 1.29 bits per heavy atom. The molecule has 0 aliphatic rings. The molecule has 0 aliphatic heterocycles. The van der Waals surface area contributed by atoms with Crippen LogP contribution in [0.25, 0.3) is 0 Å². The fourth-order valence-corrected chi connectivity index (χ4v) is 2.00. The monoisotopic (exact) mass is 296 g/mol. The summed E-state index contributed by atoms with van der Waals surface area (Å²) >= 11 is 0. The first-order valence-corrected chi connectivity index (χ1v) is 6.55. The molecule has 7 heteroatoms. The van der Waals surface area contributed by atoms with Crippen molar-refractivity contribution in [2.75, 3.05) is 20.3 Å². The van der Waals surface area contributed by atoms with Gasteiger partial charge in [0.1, 0.15) is 29.3 Å². The summed E-state index contributed by atoms with van der Waals surface area (Å²) in [7, 11) is 1.52. The number of nitrogens with one attached hydrogen (secondary N) is 2. The van der Waals surface area contributed by atoms with Gasteiger partial charge in [-0.1, -0.05) is 0 Å². The number of methoxy groups -OCH3 is 1. The first kappa shape index (κ1) is 16.9. The lowest BCUT2D eigenvalue weighted by Gasteiger charge is -2.22. The zero-order valence-corrected chi connectivity index (χ0v) is 12.3. The quantitative estimate of drug-likeness (QED) is 0.552. The van der Waals surface area contributed by atoms with Gasteiger partial charge in [-0.25, -0.2) is 4.79 Å². The highest BCUT2D eigenvalue weighted by molar-refractivity contribution is 6.01. The van der Waals surface area contributed by atoms with Crippen LogP contribution in [0.5, 0.6) is 0 Å². The van der Waals surface area contributed by atoms with Gasteiger partial charge in [-0.3, -0.25) is 9.59 Å². The van der Waals surface area contributed by atoms with Crippen LogP contribution in [0.15, 0.2) is 22.8 Å². The molecule has 1 aromatic heterocycles. The second-order valence-electron chi connectivity index (χ2n) is 4.59. The van der Waals surface area contributed by atoms with Gasteiger partial charge in [-0.05, 0) is 26.0 Å². The van der Waals surface area contributed by atoms with Crippen molar-refractivity contribution in [2.45, 2.75) is 19.9 Å². The van der Waals surface area contributed by atoms with Crippen molar-refractivity contribution >= 4 is 17.6 Å². The lowest BCUT2D eigenvalue weighted by atomic mass is 9.90. The summed E-state index contributed by atoms with van der Waals surface area (Å²) < 4.78 is 10.1. The second kappa shape index (κ2) is 8.21. The minimum absolute atomic E-state index is 0.317. The Morgan fingerprint density at radius 2 is 1.95 bits per heavy atom. The van der Waals surface area contributed by atoms with E-state index in [1.54, 1.807) is 12.1 Å². The standard InChI is InChI=1S/C14H20N2O5/c1-9(17)12(10(2)18)13(11-5-4-7-21-11)16-14(19)15-6-8-20-3/h4-5,7,12-13H,6,8H2,1-3H3,(H2,15,16,19). The molecule has 2 amide bonds. The molecule has 0 bridgehead atoms. The van der Waals surface area contributed by atoms with E-state index in [-0.39, 0.29) is 11.6 Å². The second-order valence-corrected chi connectivity index (χ2v) is 4.59. The highest BCUT2D eigenvalue weighted by atomic mass is 16.5. The van der Waals surface area contributed by atoms with Gasteiger partial charge in [-0.2, -0.15) is 0 Å². The smallest absolute Gasteiger partial charge is 0.315 e.